The van der Waals surface area contributed by atoms with Crippen LogP contribution < -0.4 is 21.3 Å². The van der Waals surface area contributed by atoms with E-state index in [1.807, 2.05) is 60.2 Å². The number of nitrogens with zero attached hydrogens (tertiary/aromatic N) is 1. The highest BCUT2D eigenvalue weighted by atomic mass is 32.2. The summed E-state index contributed by atoms with van der Waals surface area (Å²) in [6.07, 6.45) is 12.0. The molecule has 11 heteroatoms. The van der Waals surface area contributed by atoms with Gasteiger partial charge in [0.2, 0.25) is 17.6 Å². The van der Waals surface area contributed by atoms with Gasteiger partial charge < -0.3 is 26.2 Å². The predicted molar refractivity (Wildman–Crippen MR) is 194 cm³/mol. The molecule has 1 heterocycles. The van der Waals surface area contributed by atoms with Crippen LogP contribution in [0.5, 0.6) is 0 Å². The molecule has 2 aliphatic rings. The molecule has 272 valence electrons. The molecule has 1 aliphatic heterocycles. The maximum atomic E-state index is 14.5. The van der Waals surface area contributed by atoms with Crippen molar-refractivity contribution in [3.05, 3.63) is 0 Å². The molecule has 0 radical (unpaired) electrons. The van der Waals surface area contributed by atoms with Crippen LogP contribution in [0.25, 0.3) is 0 Å². The van der Waals surface area contributed by atoms with E-state index in [0.717, 1.165) is 37.9 Å². The number of rotatable bonds is 13. The lowest BCUT2D eigenvalue weighted by Gasteiger charge is -2.41. The molecule has 0 bridgehead atoms. The van der Waals surface area contributed by atoms with Crippen molar-refractivity contribution in [2.75, 3.05) is 18.8 Å². The summed E-state index contributed by atoms with van der Waals surface area (Å²) in [7, 11) is 0. The SMILES string of the molecule is C#CCCC(NC(=O)C1C(C(C)(C)C)CCN1C(=O)[C@@H](NC(=O)NC1(CSC(C)(C)C)CCCCC1)C(C)(C)C)C(=O)C(=O)NCCC. The van der Waals surface area contributed by atoms with Crippen LogP contribution in [0.4, 0.5) is 4.79 Å². The molecular formula is C37H63N5O5S. The van der Waals surface area contributed by atoms with E-state index in [9.17, 15) is 24.0 Å². The Morgan fingerprint density at radius 3 is 2.10 bits per heavy atom. The summed E-state index contributed by atoms with van der Waals surface area (Å²) in [5, 5.41) is 11.7. The minimum atomic E-state index is -1.12. The second-order valence-electron chi connectivity index (χ2n) is 16.8. The number of hydrogen-bond acceptors (Lipinski definition) is 6. The molecule has 2 fully saturated rings. The molecular weight excluding hydrogens is 627 g/mol. The Kier molecular flexibility index (Phi) is 14.9. The smallest absolute Gasteiger partial charge is 0.315 e. The maximum absolute atomic E-state index is 14.5. The molecule has 0 aromatic rings. The molecule has 0 spiro atoms. The van der Waals surface area contributed by atoms with Gasteiger partial charge in [-0.3, -0.25) is 19.2 Å². The van der Waals surface area contributed by atoms with Crippen LogP contribution in [0.15, 0.2) is 0 Å². The van der Waals surface area contributed by atoms with Gasteiger partial charge in [-0.2, -0.15) is 11.8 Å². The topological polar surface area (TPSA) is 137 Å². The fourth-order valence-corrected chi connectivity index (χ4v) is 7.69. The molecule has 2 rings (SSSR count). The maximum Gasteiger partial charge on any atom is 0.315 e. The van der Waals surface area contributed by atoms with Gasteiger partial charge in [-0.25, -0.2) is 4.79 Å². The molecule has 1 saturated heterocycles. The van der Waals surface area contributed by atoms with Gasteiger partial charge in [0.05, 0.1) is 11.6 Å². The van der Waals surface area contributed by atoms with Crippen molar-refractivity contribution in [3.8, 4) is 12.3 Å². The van der Waals surface area contributed by atoms with Crippen molar-refractivity contribution < 1.29 is 24.0 Å². The Labute approximate surface area is 294 Å². The molecule has 1 saturated carbocycles. The van der Waals surface area contributed by atoms with Crippen LogP contribution in [0.3, 0.4) is 0 Å². The monoisotopic (exact) mass is 689 g/mol. The van der Waals surface area contributed by atoms with Crippen molar-refractivity contribution in [3.63, 3.8) is 0 Å². The molecule has 1 aliphatic carbocycles. The first-order valence-electron chi connectivity index (χ1n) is 17.7. The van der Waals surface area contributed by atoms with E-state index in [1.165, 1.54) is 0 Å². The zero-order valence-corrected chi connectivity index (χ0v) is 32.1. The van der Waals surface area contributed by atoms with Crippen LogP contribution in [0, 0.1) is 29.1 Å². The second-order valence-corrected chi connectivity index (χ2v) is 18.6. The predicted octanol–water partition coefficient (Wildman–Crippen LogP) is 5.19. The number of carbonyl (C=O) groups is 5. The number of amides is 5. The van der Waals surface area contributed by atoms with Gasteiger partial charge in [-0.1, -0.05) is 88.5 Å². The van der Waals surface area contributed by atoms with Gasteiger partial charge in [0.15, 0.2) is 0 Å². The first-order valence-corrected chi connectivity index (χ1v) is 18.7. The van der Waals surface area contributed by atoms with Crippen LogP contribution in [0.2, 0.25) is 0 Å². The summed E-state index contributed by atoms with van der Waals surface area (Å²) in [5.41, 5.74) is -1.38. The van der Waals surface area contributed by atoms with Gasteiger partial charge in [0.1, 0.15) is 12.1 Å². The zero-order chi connectivity index (χ0) is 36.5. The largest absolute Gasteiger partial charge is 0.349 e. The zero-order valence-electron chi connectivity index (χ0n) is 31.3. The standard InChI is InChI=1S/C37H63N5O5S/c1-12-14-18-26(28(43)31(45)38-22-13-2)39-30(44)27-25(34(3,4)5)19-23-42(27)32(46)29(35(6,7)8)40-33(47)41-37(20-16-15-17-21-37)24-48-36(9,10)11/h1,25-27,29H,13-24H2,2-11H3,(H,38,45)(H,39,44)(H2,40,41,47)/t25?,26?,27?,29-/m1/s1. The number of nitrogens with one attached hydrogen (secondary N) is 4. The summed E-state index contributed by atoms with van der Waals surface area (Å²) in [6.45, 7) is 20.8. The van der Waals surface area contributed by atoms with Crippen molar-refractivity contribution in [2.45, 2.75) is 155 Å². The van der Waals surface area contributed by atoms with Crippen LogP contribution in [0.1, 0.15) is 127 Å². The normalized spacial score (nSPS) is 21.0. The fraction of sp³-hybridized carbons (Fsp3) is 0.811. The number of terminal acetylenes is 1. The highest BCUT2D eigenvalue weighted by molar-refractivity contribution is 8.00. The summed E-state index contributed by atoms with van der Waals surface area (Å²) >= 11 is 1.83. The Balaban J connectivity index is 2.38. The van der Waals surface area contributed by atoms with E-state index in [0.29, 0.717) is 25.9 Å². The van der Waals surface area contributed by atoms with E-state index in [-0.39, 0.29) is 46.4 Å². The fourth-order valence-electron chi connectivity index (χ4n) is 6.62. The third-order valence-corrected chi connectivity index (χ3v) is 11.0. The lowest BCUT2D eigenvalue weighted by Crippen LogP contribution is -2.63. The number of urea groups is 1. The number of ketones is 1. The number of carbonyl (C=O) groups excluding carboxylic acids is 5. The highest BCUT2D eigenvalue weighted by Gasteiger charge is 2.50. The van der Waals surface area contributed by atoms with Crippen LogP contribution in [-0.4, -0.2) is 81.7 Å². The average Bonchev–Trinajstić information content (AvgIpc) is 3.45. The lowest BCUT2D eigenvalue weighted by atomic mass is 9.75. The molecule has 3 unspecified atom stereocenters. The summed E-state index contributed by atoms with van der Waals surface area (Å²) in [5.74, 6) is 0.660. The van der Waals surface area contributed by atoms with Gasteiger partial charge in [-0.05, 0) is 48.9 Å². The van der Waals surface area contributed by atoms with E-state index in [1.54, 1.807) is 4.90 Å². The van der Waals surface area contributed by atoms with Crippen LogP contribution in [-0.2, 0) is 19.2 Å². The molecule has 10 nitrogen and oxygen atoms in total. The molecule has 0 aromatic heterocycles. The first-order chi connectivity index (χ1) is 22.2. The van der Waals surface area contributed by atoms with E-state index >= 15 is 0 Å². The minimum Gasteiger partial charge on any atom is -0.349 e. The van der Waals surface area contributed by atoms with Crippen molar-refractivity contribution >= 4 is 41.3 Å². The van der Waals surface area contributed by atoms with Gasteiger partial charge >= 0.3 is 6.03 Å². The van der Waals surface area contributed by atoms with Gasteiger partial charge in [0.25, 0.3) is 5.91 Å². The van der Waals surface area contributed by atoms with E-state index in [2.05, 4.69) is 48.0 Å². The third-order valence-electron chi connectivity index (χ3n) is 9.39. The molecule has 4 N–H and O–H groups in total. The number of Topliss-reactive ketones (excluding diaryl/α,β-unsaturated/α-hetero) is 1. The molecule has 4 atom stereocenters. The Morgan fingerprint density at radius 1 is 0.958 bits per heavy atom. The van der Waals surface area contributed by atoms with Gasteiger partial charge in [-0.15, -0.1) is 12.3 Å². The first kappa shape index (κ1) is 41.4. The molecule has 0 aromatic carbocycles. The van der Waals surface area contributed by atoms with E-state index in [4.69, 9.17) is 6.42 Å². The molecule has 48 heavy (non-hydrogen) atoms. The van der Waals surface area contributed by atoms with Crippen molar-refractivity contribution in [2.24, 2.45) is 16.7 Å². The second kappa shape index (κ2) is 17.3. The number of likely N-dealkylation sites (tertiary alicyclic amines) is 1. The van der Waals surface area contributed by atoms with Crippen LogP contribution >= 0.6 is 11.8 Å². The summed E-state index contributed by atoms with van der Waals surface area (Å²) in [4.78, 5) is 69.7. The quantitative estimate of drug-likeness (QED) is 0.155. The molecule has 5 amide bonds. The lowest BCUT2D eigenvalue weighted by molar-refractivity contribution is -0.145. The van der Waals surface area contributed by atoms with Gasteiger partial charge in [0, 0.05) is 30.0 Å². The Bertz CT molecular complexity index is 1190. The Hall–Kier alpha value is -2.74. The minimum absolute atomic E-state index is 0.0468. The third kappa shape index (κ3) is 12.0. The summed E-state index contributed by atoms with van der Waals surface area (Å²) in [6, 6.07) is -3.32. The number of thioether (sulfide) groups is 1. The van der Waals surface area contributed by atoms with Crippen molar-refractivity contribution in [1.82, 2.24) is 26.2 Å². The summed E-state index contributed by atoms with van der Waals surface area (Å²) < 4.78 is 0.0468. The Morgan fingerprint density at radius 2 is 1.58 bits per heavy atom. The highest BCUT2D eigenvalue weighted by Crippen LogP contribution is 2.40. The number of hydrogen-bond donors (Lipinski definition) is 4. The van der Waals surface area contributed by atoms with E-state index < -0.39 is 41.1 Å². The van der Waals surface area contributed by atoms with Crippen molar-refractivity contribution in [1.29, 1.82) is 0 Å². The average molecular weight is 690 g/mol.